The lowest BCUT2D eigenvalue weighted by atomic mass is 9.24. The van der Waals surface area contributed by atoms with Gasteiger partial charge in [0.05, 0.1) is 37.2 Å². The monoisotopic (exact) mass is 966 g/mol. The van der Waals surface area contributed by atoms with Crippen molar-refractivity contribution in [3.63, 3.8) is 0 Å². The van der Waals surface area contributed by atoms with E-state index < -0.39 is 80.7 Å². The number of hydrogen-bond donors (Lipinski definition) is 11. The van der Waals surface area contributed by atoms with Crippen LogP contribution in [0.2, 0.25) is 0 Å². The van der Waals surface area contributed by atoms with Crippen molar-refractivity contribution in [2.75, 3.05) is 32.9 Å². The van der Waals surface area contributed by atoms with Gasteiger partial charge in [0, 0.05) is 60.3 Å². The Hall–Kier alpha value is -2.51. The summed E-state index contributed by atoms with van der Waals surface area (Å²) in [6, 6.07) is -0.476. The number of amides is 1. The van der Waals surface area contributed by atoms with E-state index in [-0.39, 0.29) is 79.7 Å². The molecule has 4 bridgehead atoms. The van der Waals surface area contributed by atoms with Crippen molar-refractivity contribution in [1.29, 1.82) is 0 Å². The minimum atomic E-state index is -1.62. The Kier molecular flexibility index (Phi) is 13.0. The van der Waals surface area contributed by atoms with Gasteiger partial charge in [0.2, 0.25) is 5.91 Å². The zero-order chi connectivity index (χ0) is 49.1. The highest BCUT2D eigenvalue weighted by atomic mass is 16.7. The van der Waals surface area contributed by atoms with Crippen LogP contribution in [-0.4, -0.2) is 139 Å². The summed E-state index contributed by atoms with van der Waals surface area (Å²) >= 11 is 0. The minimum Gasteiger partial charge on any atom is -0.481 e. The molecule has 0 unspecified atom stereocenters. The summed E-state index contributed by atoms with van der Waals surface area (Å²) in [4.78, 5) is 35.5. The molecule has 16 nitrogen and oxygen atoms in total. The SMILES string of the molecule is C[C@]1(CO)CC[C@]2(C(=O)O)CC[C@]3(C)C(=CC[C@@H]4[C@]5(C6CCCCC6)[C@@H]6[C@H](C[C@]43C)NC[C@@]5(C[C@@H]3CC(=O)N[C@H]3[C@H](CCCN)c3cnc[nH]3)[C@@H](O)[C@@H](O[C@@H]3OC[C@@H](O)[C@H](O)[C@H]3O)[C@@]6(C)CO)[C@@H]2C1. The molecule has 10 rings (SSSR count). The number of nitrogens with one attached hydrogen (secondary N) is 3. The Labute approximate surface area is 407 Å². The second-order valence-corrected chi connectivity index (χ2v) is 25.2. The number of carboxylic acid groups (broad SMARTS) is 1. The van der Waals surface area contributed by atoms with Crippen LogP contribution in [0.15, 0.2) is 24.2 Å². The normalized spacial score (nSPS) is 50.0. The standard InChI is InChI=1S/C53H83N5O11/c1-47(26-59)14-16-51(46(66)67)17-15-49(3)32(33(51)21-47)12-13-37-50(49,4)22-34-42-48(2,27-60)44(69-45-41(64)40(63)36(61)24-68-45)43(65)52(25-56-34,53(37,42)30-9-6-5-7-10-30)20-29-19-38(62)58-39(29)31(11-8-18-54)35-23-55-28-57-35/h12,23,28-31,33-34,36-37,39-45,56,59-61,63-65H,5-11,13-22,24-27,54H2,1-4H3,(H,55,57)(H,58,62)(H,66,67)/t29-,31+,33-,34-,36+,37-,39+,40-,41+,42+,43-,44+,45-,47-,48-,49+,50+,51-,52-,53+/m0/s1. The summed E-state index contributed by atoms with van der Waals surface area (Å²) in [7, 11) is 0. The van der Waals surface area contributed by atoms with Gasteiger partial charge in [-0.25, -0.2) is 4.98 Å². The number of allylic oxidation sites excluding steroid dienone is 2. The van der Waals surface area contributed by atoms with E-state index >= 15 is 0 Å². The molecule has 3 saturated heterocycles. The average molecular weight is 966 g/mol. The van der Waals surface area contributed by atoms with Gasteiger partial charge in [-0.05, 0) is 135 Å². The number of fused-ring (bicyclic) bond motifs is 5. The van der Waals surface area contributed by atoms with Gasteiger partial charge in [-0.2, -0.15) is 0 Å². The number of aliphatic carboxylic acids is 1. The summed E-state index contributed by atoms with van der Waals surface area (Å²) in [6.07, 6.45) is 9.32. The third-order valence-corrected chi connectivity index (χ3v) is 22.3. The fourth-order valence-corrected chi connectivity index (χ4v) is 18.8. The maximum Gasteiger partial charge on any atom is 0.310 e. The van der Waals surface area contributed by atoms with Gasteiger partial charge in [0.25, 0.3) is 0 Å². The van der Waals surface area contributed by atoms with E-state index in [4.69, 9.17) is 15.2 Å². The molecule has 6 aliphatic carbocycles. The van der Waals surface area contributed by atoms with Crippen molar-refractivity contribution in [2.45, 2.75) is 185 Å². The van der Waals surface area contributed by atoms with Gasteiger partial charge < -0.3 is 66.6 Å². The number of aliphatic hydroxyl groups is 6. The van der Waals surface area contributed by atoms with Gasteiger partial charge >= 0.3 is 5.97 Å². The Morgan fingerprint density at radius 2 is 1.75 bits per heavy atom. The third kappa shape index (κ3) is 7.05. The van der Waals surface area contributed by atoms with Crippen LogP contribution in [0.25, 0.3) is 0 Å². The predicted molar refractivity (Wildman–Crippen MR) is 254 cm³/mol. The number of nitrogens with zero attached hydrogens (tertiary/aromatic N) is 1. The topological polar surface area (TPSA) is 273 Å². The van der Waals surface area contributed by atoms with Crippen LogP contribution in [0, 0.1) is 67.5 Å². The van der Waals surface area contributed by atoms with Gasteiger partial charge in [0.15, 0.2) is 6.29 Å². The van der Waals surface area contributed by atoms with E-state index in [2.05, 4.69) is 47.4 Å². The number of H-pyrrole nitrogens is 1. The Balaban J connectivity index is 1.18. The molecule has 69 heavy (non-hydrogen) atoms. The molecular formula is C53H83N5O11. The quantitative estimate of drug-likeness (QED) is 0.0999. The van der Waals surface area contributed by atoms with E-state index in [0.717, 1.165) is 50.6 Å². The molecule has 12 N–H and O–H groups in total. The van der Waals surface area contributed by atoms with E-state index in [1.54, 1.807) is 6.33 Å². The maximum atomic E-state index is 14.2. The number of carbonyl (C=O) groups is 2. The molecule has 1 aromatic heterocycles. The predicted octanol–water partition coefficient (Wildman–Crippen LogP) is 3.49. The number of rotatable bonds is 13. The first-order valence-corrected chi connectivity index (χ1v) is 26.7. The van der Waals surface area contributed by atoms with E-state index in [9.17, 15) is 45.3 Å². The summed E-state index contributed by atoms with van der Waals surface area (Å²) in [5.74, 6) is -1.58. The molecule has 16 heteroatoms. The summed E-state index contributed by atoms with van der Waals surface area (Å²) < 4.78 is 12.9. The molecule has 0 aromatic carbocycles. The lowest BCUT2D eigenvalue weighted by Gasteiger charge is -2.82. The van der Waals surface area contributed by atoms with Gasteiger partial charge in [-0.1, -0.05) is 58.6 Å². The van der Waals surface area contributed by atoms with E-state index in [1.165, 1.54) is 5.57 Å². The number of imidazole rings is 1. The highest BCUT2D eigenvalue weighted by molar-refractivity contribution is 5.79. The van der Waals surface area contributed by atoms with Crippen LogP contribution in [-0.2, 0) is 19.1 Å². The Morgan fingerprint density at radius 3 is 2.43 bits per heavy atom. The van der Waals surface area contributed by atoms with E-state index in [0.29, 0.717) is 64.5 Å². The molecule has 4 heterocycles. The maximum absolute atomic E-state index is 14.2. The third-order valence-electron chi connectivity index (χ3n) is 22.3. The van der Waals surface area contributed by atoms with Crippen molar-refractivity contribution in [3.8, 4) is 0 Å². The fraction of sp³-hybridized carbons (Fsp3) is 0.868. The number of aromatic amines is 1. The number of hydrogen-bond acceptors (Lipinski definition) is 13. The average Bonchev–Trinajstić information content (AvgIpc) is 4.01. The number of piperidine rings is 1. The van der Waals surface area contributed by atoms with E-state index in [1.807, 2.05) is 13.1 Å². The number of carboxylic acids is 1. The van der Waals surface area contributed by atoms with Gasteiger partial charge in [-0.15, -0.1) is 0 Å². The molecule has 0 radical (unpaired) electrons. The van der Waals surface area contributed by atoms with Crippen LogP contribution in [0.1, 0.15) is 142 Å². The molecule has 1 aromatic rings. The van der Waals surface area contributed by atoms with Crippen molar-refractivity contribution in [1.82, 2.24) is 20.6 Å². The van der Waals surface area contributed by atoms with Crippen molar-refractivity contribution >= 4 is 11.9 Å². The number of aromatic nitrogens is 2. The highest BCUT2D eigenvalue weighted by Gasteiger charge is 2.83. The summed E-state index contributed by atoms with van der Waals surface area (Å²) in [6.45, 7) is 9.30. The molecule has 386 valence electrons. The van der Waals surface area contributed by atoms with Crippen LogP contribution >= 0.6 is 0 Å². The number of carbonyl (C=O) groups excluding carboxylic acids is 1. The van der Waals surface area contributed by atoms with Crippen LogP contribution in [0.3, 0.4) is 0 Å². The molecule has 1 amide bonds. The minimum absolute atomic E-state index is 0.000375. The molecular weight excluding hydrogens is 883 g/mol. The van der Waals surface area contributed by atoms with Gasteiger partial charge in [-0.3, -0.25) is 9.59 Å². The summed E-state index contributed by atoms with van der Waals surface area (Å²) in [5, 5.41) is 88.8. The lowest BCUT2D eigenvalue weighted by molar-refractivity contribution is -0.385. The van der Waals surface area contributed by atoms with Crippen LogP contribution in [0.4, 0.5) is 0 Å². The number of aliphatic hydroxyl groups excluding tert-OH is 6. The molecule has 0 spiro atoms. The fourth-order valence-electron chi connectivity index (χ4n) is 18.8. The lowest BCUT2D eigenvalue weighted by Crippen LogP contribution is -2.86. The molecule has 5 saturated carbocycles. The zero-order valence-electron chi connectivity index (χ0n) is 41.5. The van der Waals surface area contributed by atoms with Crippen molar-refractivity contribution in [3.05, 3.63) is 29.9 Å². The Morgan fingerprint density at radius 1 is 1.00 bits per heavy atom. The molecule has 20 atom stereocenters. The van der Waals surface area contributed by atoms with Crippen molar-refractivity contribution < 1.29 is 54.8 Å². The first kappa shape index (κ1) is 50.0. The number of nitrogens with two attached hydrogens (primary N) is 1. The van der Waals surface area contributed by atoms with Crippen LogP contribution in [0.5, 0.6) is 0 Å². The number of ether oxygens (including phenoxy) is 2. The van der Waals surface area contributed by atoms with Crippen molar-refractivity contribution in [2.24, 2.45) is 73.2 Å². The zero-order valence-corrected chi connectivity index (χ0v) is 41.5. The second kappa shape index (κ2) is 17.9. The highest BCUT2D eigenvalue weighted by Crippen LogP contribution is 2.82. The molecule has 3 aliphatic heterocycles. The van der Waals surface area contributed by atoms with Crippen LogP contribution < -0.4 is 16.4 Å². The first-order chi connectivity index (χ1) is 32.8. The molecule has 9 aliphatic rings. The summed E-state index contributed by atoms with van der Waals surface area (Å²) in [5.41, 5.74) is 3.38. The molecule has 8 fully saturated rings. The smallest absolute Gasteiger partial charge is 0.310 e. The Bertz CT molecular complexity index is 2110. The first-order valence-electron chi connectivity index (χ1n) is 26.7. The second-order valence-electron chi connectivity index (χ2n) is 25.2. The van der Waals surface area contributed by atoms with Gasteiger partial charge in [0.1, 0.15) is 18.3 Å². The largest absolute Gasteiger partial charge is 0.481 e.